The Labute approximate surface area is 165 Å². The highest BCUT2D eigenvalue weighted by molar-refractivity contribution is 5.80. The lowest BCUT2D eigenvalue weighted by Crippen LogP contribution is -2.43. The van der Waals surface area contributed by atoms with Crippen molar-refractivity contribution >= 4 is 11.8 Å². The summed E-state index contributed by atoms with van der Waals surface area (Å²) in [5, 5.41) is 3.95. The first-order chi connectivity index (χ1) is 13.5. The van der Waals surface area contributed by atoms with Crippen LogP contribution < -0.4 is 0 Å². The van der Waals surface area contributed by atoms with Crippen molar-refractivity contribution in [3.8, 4) is 0 Å². The zero-order valence-corrected chi connectivity index (χ0v) is 16.6. The van der Waals surface area contributed by atoms with E-state index in [2.05, 4.69) is 17.3 Å². The monoisotopic (exact) mass is 381 g/mol. The van der Waals surface area contributed by atoms with Gasteiger partial charge in [-0.3, -0.25) is 9.59 Å². The molecular formula is C22H27N3O3. The number of aryl methyl sites for hydroxylation is 2. The average Bonchev–Trinajstić information content (AvgIpc) is 3.21. The highest BCUT2D eigenvalue weighted by Gasteiger charge is 2.41. The fraction of sp³-hybridized carbons (Fsp3) is 0.500. The molecule has 1 aromatic heterocycles. The lowest BCUT2D eigenvalue weighted by atomic mass is 9.98. The van der Waals surface area contributed by atoms with E-state index in [-0.39, 0.29) is 17.9 Å². The fourth-order valence-corrected chi connectivity index (χ4v) is 4.54. The molecule has 2 fully saturated rings. The van der Waals surface area contributed by atoms with E-state index < -0.39 is 0 Å². The third-order valence-corrected chi connectivity index (χ3v) is 6.15. The Morgan fingerprint density at radius 1 is 1.21 bits per heavy atom. The first-order valence-electron chi connectivity index (χ1n) is 10.1. The van der Waals surface area contributed by atoms with Gasteiger partial charge in [0, 0.05) is 31.6 Å². The molecule has 2 saturated heterocycles. The largest absolute Gasteiger partial charge is 0.361 e. The summed E-state index contributed by atoms with van der Waals surface area (Å²) < 4.78 is 5.19. The molecule has 2 aromatic rings. The second-order valence-electron chi connectivity index (χ2n) is 8.01. The molecule has 28 heavy (non-hydrogen) atoms. The summed E-state index contributed by atoms with van der Waals surface area (Å²) in [5.41, 5.74) is 2.80. The Bertz CT molecular complexity index is 842. The number of fused-ring (bicyclic) bond motifs is 1. The molecule has 148 valence electrons. The number of carbonyl (C=O) groups excluding carboxylic acids is 2. The molecule has 0 saturated carbocycles. The Balaban J connectivity index is 1.50. The minimum absolute atomic E-state index is 0.0922. The van der Waals surface area contributed by atoms with Crippen molar-refractivity contribution in [3.63, 3.8) is 0 Å². The van der Waals surface area contributed by atoms with Gasteiger partial charge in [0.1, 0.15) is 5.76 Å². The molecule has 2 atom stereocenters. The molecule has 6 heteroatoms. The first-order valence-corrected chi connectivity index (χ1v) is 10.1. The number of likely N-dealkylation sites (tertiary alicyclic amines) is 2. The molecule has 0 unspecified atom stereocenters. The summed E-state index contributed by atoms with van der Waals surface area (Å²) in [6.45, 7) is 5.67. The van der Waals surface area contributed by atoms with Crippen LogP contribution in [0, 0.1) is 19.8 Å². The van der Waals surface area contributed by atoms with Gasteiger partial charge in [0.15, 0.2) is 0 Å². The van der Waals surface area contributed by atoms with Crippen LogP contribution in [-0.4, -0.2) is 45.9 Å². The molecular weight excluding hydrogens is 354 g/mol. The van der Waals surface area contributed by atoms with Gasteiger partial charge < -0.3 is 14.3 Å². The van der Waals surface area contributed by atoms with Gasteiger partial charge in [-0.2, -0.15) is 0 Å². The molecule has 4 rings (SSSR count). The van der Waals surface area contributed by atoms with Crippen LogP contribution in [0.4, 0.5) is 0 Å². The van der Waals surface area contributed by atoms with Gasteiger partial charge in [-0.15, -0.1) is 0 Å². The van der Waals surface area contributed by atoms with Crippen molar-refractivity contribution in [2.24, 2.45) is 5.92 Å². The number of carbonyl (C=O) groups is 2. The zero-order valence-electron chi connectivity index (χ0n) is 16.6. The summed E-state index contributed by atoms with van der Waals surface area (Å²) in [6.07, 6.45) is 2.81. The molecule has 0 bridgehead atoms. The summed E-state index contributed by atoms with van der Waals surface area (Å²) in [5.74, 6) is 1.36. The fourth-order valence-electron chi connectivity index (χ4n) is 4.54. The smallest absolute Gasteiger partial charge is 0.227 e. The van der Waals surface area contributed by atoms with Crippen LogP contribution >= 0.6 is 0 Å². The maximum absolute atomic E-state index is 12.9. The molecule has 0 radical (unpaired) electrons. The second-order valence-corrected chi connectivity index (χ2v) is 8.01. The van der Waals surface area contributed by atoms with Crippen molar-refractivity contribution in [1.29, 1.82) is 0 Å². The van der Waals surface area contributed by atoms with Crippen LogP contribution in [0.5, 0.6) is 0 Å². The molecule has 6 nitrogen and oxygen atoms in total. The Morgan fingerprint density at radius 2 is 2.00 bits per heavy atom. The second kappa shape index (κ2) is 7.78. The molecule has 2 aliphatic heterocycles. The number of hydrogen-bond acceptors (Lipinski definition) is 4. The van der Waals surface area contributed by atoms with E-state index in [1.165, 1.54) is 0 Å². The summed E-state index contributed by atoms with van der Waals surface area (Å²) >= 11 is 0. The van der Waals surface area contributed by atoms with Crippen molar-refractivity contribution < 1.29 is 14.1 Å². The molecule has 2 aliphatic rings. The van der Waals surface area contributed by atoms with Gasteiger partial charge in [-0.05, 0) is 38.2 Å². The molecule has 3 heterocycles. The van der Waals surface area contributed by atoms with Crippen LogP contribution in [0.15, 0.2) is 34.9 Å². The van der Waals surface area contributed by atoms with Crippen molar-refractivity contribution in [2.75, 3.05) is 13.1 Å². The van der Waals surface area contributed by atoms with E-state index in [4.69, 9.17) is 4.52 Å². The lowest BCUT2D eigenvalue weighted by Gasteiger charge is -2.30. The average molecular weight is 381 g/mol. The van der Waals surface area contributed by atoms with Crippen molar-refractivity contribution in [2.45, 2.75) is 52.1 Å². The Hall–Kier alpha value is -2.63. The highest BCUT2D eigenvalue weighted by atomic mass is 16.5. The number of rotatable bonds is 4. The molecule has 0 spiro atoms. The summed E-state index contributed by atoms with van der Waals surface area (Å²) in [7, 11) is 0. The number of nitrogens with zero attached hydrogens (tertiary/aromatic N) is 3. The first kappa shape index (κ1) is 18.7. The molecule has 2 amide bonds. The van der Waals surface area contributed by atoms with E-state index in [0.29, 0.717) is 37.6 Å². The topological polar surface area (TPSA) is 66.7 Å². The normalized spacial score (nSPS) is 22.3. The minimum atomic E-state index is 0.0922. The maximum atomic E-state index is 12.9. The standard InChI is InChI=1S/C22H27N3O3/c1-15-19(16(2)28-23-15)11-22(27)24-13-18-9-6-10-21(26)25(20(18)14-24)12-17-7-4-3-5-8-17/h3-5,7-8,18,20H,6,9-14H2,1-2H3/t18-,20+/m1/s1. The van der Waals surface area contributed by atoms with Crippen LogP contribution in [0.3, 0.4) is 0 Å². The SMILES string of the molecule is Cc1noc(C)c1CC(=O)N1C[C@H]2CCCC(=O)N(Cc3ccccc3)[C@H]2C1. The molecule has 1 aromatic carbocycles. The van der Waals surface area contributed by atoms with Gasteiger partial charge >= 0.3 is 0 Å². The van der Waals surface area contributed by atoms with Crippen molar-refractivity contribution in [3.05, 3.63) is 52.9 Å². The van der Waals surface area contributed by atoms with Gasteiger partial charge in [0.25, 0.3) is 0 Å². The summed E-state index contributed by atoms with van der Waals surface area (Å²) in [4.78, 5) is 29.7. The van der Waals surface area contributed by atoms with Crippen LogP contribution in [0.1, 0.15) is 41.8 Å². The molecule has 0 aliphatic carbocycles. The van der Waals surface area contributed by atoms with E-state index in [9.17, 15) is 9.59 Å². The quantitative estimate of drug-likeness (QED) is 0.817. The van der Waals surface area contributed by atoms with Gasteiger partial charge in [0.05, 0.1) is 18.2 Å². The predicted molar refractivity (Wildman–Crippen MR) is 104 cm³/mol. The Morgan fingerprint density at radius 3 is 2.71 bits per heavy atom. The third-order valence-electron chi connectivity index (χ3n) is 6.15. The number of amides is 2. The van der Waals surface area contributed by atoms with E-state index in [1.54, 1.807) is 0 Å². The third kappa shape index (κ3) is 3.68. The number of benzene rings is 1. The van der Waals surface area contributed by atoms with E-state index >= 15 is 0 Å². The van der Waals surface area contributed by atoms with Crippen LogP contribution in [0.25, 0.3) is 0 Å². The zero-order chi connectivity index (χ0) is 19.7. The highest BCUT2D eigenvalue weighted by Crippen LogP contribution is 2.32. The number of hydrogen-bond donors (Lipinski definition) is 0. The van der Waals surface area contributed by atoms with Crippen LogP contribution in [0.2, 0.25) is 0 Å². The lowest BCUT2D eigenvalue weighted by molar-refractivity contribution is -0.135. The van der Waals surface area contributed by atoms with Crippen LogP contribution in [-0.2, 0) is 22.6 Å². The van der Waals surface area contributed by atoms with Gasteiger partial charge in [-0.1, -0.05) is 35.5 Å². The number of aromatic nitrogens is 1. The Kier molecular flexibility index (Phi) is 5.20. The van der Waals surface area contributed by atoms with Gasteiger partial charge in [-0.25, -0.2) is 0 Å². The predicted octanol–water partition coefficient (Wildman–Crippen LogP) is 2.87. The minimum Gasteiger partial charge on any atom is -0.361 e. The summed E-state index contributed by atoms with van der Waals surface area (Å²) in [6, 6.07) is 10.2. The van der Waals surface area contributed by atoms with E-state index in [1.807, 2.05) is 41.8 Å². The molecule has 0 N–H and O–H groups in total. The van der Waals surface area contributed by atoms with Gasteiger partial charge in [0.2, 0.25) is 11.8 Å². The maximum Gasteiger partial charge on any atom is 0.227 e. The van der Waals surface area contributed by atoms with E-state index in [0.717, 1.165) is 36.2 Å². The van der Waals surface area contributed by atoms with Crippen molar-refractivity contribution in [1.82, 2.24) is 15.0 Å².